The molecule has 0 saturated carbocycles. The van der Waals surface area contributed by atoms with Crippen LogP contribution in [0.5, 0.6) is 5.75 Å². The number of nitrogens with zero attached hydrogens (tertiary/aromatic N) is 1. The first-order valence-corrected chi connectivity index (χ1v) is 9.90. The highest BCUT2D eigenvalue weighted by molar-refractivity contribution is 9.10. The summed E-state index contributed by atoms with van der Waals surface area (Å²) in [5.41, 5.74) is 3.08. The Bertz CT molecular complexity index is 884. The molecule has 0 spiro atoms. The lowest BCUT2D eigenvalue weighted by atomic mass is 9.78. The minimum absolute atomic E-state index is 0.00550. The summed E-state index contributed by atoms with van der Waals surface area (Å²) in [4.78, 5) is 25.3. The molecule has 1 atom stereocenters. The average Bonchev–Trinajstić information content (AvgIpc) is 3.05. The normalized spacial score (nSPS) is 20.1. The third kappa shape index (κ3) is 4.08. The van der Waals surface area contributed by atoms with Gasteiger partial charge >= 0.3 is 19.1 Å². The van der Waals surface area contributed by atoms with Gasteiger partial charge in [0.25, 0.3) is 0 Å². The Kier molecular flexibility index (Phi) is 5.41. The molecule has 1 unspecified atom stereocenters. The third-order valence-electron chi connectivity index (χ3n) is 4.86. The topological polar surface area (TPSA) is 65.1 Å². The van der Waals surface area contributed by atoms with Crippen LogP contribution < -0.4 is 10.2 Å². The number of carbonyl (C=O) groups is 2. The van der Waals surface area contributed by atoms with E-state index in [2.05, 4.69) is 22.0 Å². The first kappa shape index (κ1) is 19.0. The Morgan fingerprint density at radius 3 is 2.43 bits per heavy atom. The SMILES string of the molecule is CN1CC(=O)OB(c2ccc(OC3CCc4c(Br)cccc43)cc2)OC(=O)C1. The van der Waals surface area contributed by atoms with Crippen molar-refractivity contribution in [1.82, 2.24) is 4.90 Å². The second kappa shape index (κ2) is 7.97. The summed E-state index contributed by atoms with van der Waals surface area (Å²) < 4.78 is 17.8. The number of hydrogen-bond acceptors (Lipinski definition) is 6. The van der Waals surface area contributed by atoms with Crippen LogP contribution in [-0.2, 0) is 25.3 Å². The minimum atomic E-state index is -1.04. The lowest BCUT2D eigenvalue weighted by molar-refractivity contribution is -0.145. The van der Waals surface area contributed by atoms with Crippen molar-refractivity contribution in [2.75, 3.05) is 20.1 Å². The van der Waals surface area contributed by atoms with E-state index in [1.165, 1.54) is 11.1 Å². The van der Waals surface area contributed by atoms with E-state index >= 15 is 0 Å². The molecule has 1 aliphatic carbocycles. The van der Waals surface area contributed by atoms with E-state index in [0.717, 1.165) is 17.3 Å². The minimum Gasteiger partial charge on any atom is -0.494 e. The summed E-state index contributed by atoms with van der Waals surface area (Å²) in [5, 5.41) is 0. The highest BCUT2D eigenvalue weighted by Gasteiger charge is 2.34. The van der Waals surface area contributed by atoms with Crippen molar-refractivity contribution in [3.05, 3.63) is 58.1 Å². The van der Waals surface area contributed by atoms with Crippen molar-refractivity contribution >= 4 is 40.4 Å². The van der Waals surface area contributed by atoms with Crippen LogP contribution >= 0.6 is 15.9 Å². The molecule has 8 heteroatoms. The maximum Gasteiger partial charge on any atom is 0.636 e. The zero-order valence-corrected chi connectivity index (χ0v) is 17.0. The fourth-order valence-electron chi connectivity index (χ4n) is 3.53. The zero-order valence-electron chi connectivity index (χ0n) is 15.4. The van der Waals surface area contributed by atoms with Crippen LogP contribution in [0.2, 0.25) is 0 Å². The van der Waals surface area contributed by atoms with Gasteiger partial charge < -0.3 is 14.0 Å². The Morgan fingerprint density at radius 1 is 1.07 bits per heavy atom. The van der Waals surface area contributed by atoms with Crippen LogP contribution in [0.15, 0.2) is 46.9 Å². The van der Waals surface area contributed by atoms with Gasteiger partial charge in [-0.2, -0.15) is 0 Å². The second-order valence-electron chi connectivity index (χ2n) is 7.01. The van der Waals surface area contributed by atoms with E-state index < -0.39 is 19.1 Å². The predicted octanol–water partition coefficient (Wildman–Crippen LogP) is 2.24. The Morgan fingerprint density at radius 2 is 1.75 bits per heavy atom. The van der Waals surface area contributed by atoms with Crippen LogP contribution in [0, 0.1) is 0 Å². The summed E-state index contributed by atoms with van der Waals surface area (Å²) in [6, 6.07) is 13.3. The Balaban J connectivity index is 1.47. The molecule has 28 heavy (non-hydrogen) atoms. The molecule has 144 valence electrons. The van der Waals surface area contributed by atoms with Crippen LogP contribution in [0.3, 0.4) is 0 Å². The fourth-order valence-corrected chi connectivity index (χ4v) is 4.11. The second-order valence-corrected chi connectivity index (χ2v) is 7.86. The molecule has 0 N–H and O–H groups in total. The van der Waals surface area contributed by atoms with E-state index in [-0.39, 0.29) is 19.2 Å². The predicted molar refractivity (Wildman–Crippen MR) is 107 cm³/mol. The van der Waals surface area contributed by atoms with Gasteiger partial charge in [0, 0.05) is 9.94 Å². The van der Waals surface area contributed by atoms with Gasteiger partial charge in [0.2, 0.25) is 0 Å². The summed E-state index contributed by atoms with van der Waals surface area (Å²) >= 11 is 3.60. The van der Waals surface area contributed by atoms with Crippen molar-refractivity contribution in [3.63, 3.8) is 0 Å². The molecule has 0 amide bonds. The summed E-state index contributed by atoms with van der Waals surface area (Å²) in [7, 11) is 0.625. The molecule has 1 aliphatic heterocycles. The van der Waals surface area contributed by atoms with E-state index in [1.807, 2.05) is 12.1 Å². The highest BCUT2D eigenvalue weighted by atomic mass is 79.9. The molecular weight excluding hydrogens is 425 g/mol. The van der Waals surface area contributed by atoms with Crippen LogP contribution in [0.1, 0.15) is 23.7 Å². The number of benzene rings is 2. The monoisotopic (exact) mass is 443 g/mol. The molecule has 2 aliphatic rings. The molecule has 0 bridgehead atoms. The summed E-state index contributed by atoms with van der Waals surface area (Å²) in [6.07, 6.45) is 1.90. The number of hydrogen-bond donors (Lipinski definition) is 0. The van der Waals surface area contributed by atoms with Crippen LogP contribution in [0.4, 0.5) is 0 Å². The maximum absolute atomic E-state index is 11.9. The summed E-state index contributed by atoms with van der Waals surface area (Å²) in [6.45, 7) is 0.0902. The number of halogens is 1. The van der Waals surface area contributed by atoms with E-state index in [9.17, 15) is 9.59 Å². The summed E-state index contributed by atoms with van der Waals surface area (Å²) in [5.74, 6) is -0.160. The van der Waals surface area contributed by atoms with E-state index in [1.54, 1.807) is 36.2 Å². The molecule has 1 saturated heterocycles. The molecule has 1 fully saturated rings. The maximum atomic E-state index is 11.9. The molecule has 0 aromatic heterocycles. The zero-order chi connectivity index (χ0) is 19.7. The van der Waals surface area contributed by atoms with Crippen molar-refractivity contribution in [3.8, 4) is 5.75 Å². The Hall–Kier alpha value is -2.32. The number of ether oxygens (including phenoxy) is 1. The third-order valence-corrected chi connectivity index (χ3v) is 5.61. The Labute approximate surface area is 172 Å². The van der Waals surface area contributed by atoms with Gasteiger partial charge in [-0.05, 0) is 49.2 Å². The molecule has 2 aromatic carbocycles. The fraction of sp³-hybridized carbons (Fsp3) is 0.300. The highest BCUT2D eigenvalue weighted by Crippen LogP contribution is 2.38. The molecular formula is C20H19BBrNO5. The van der Waals surface area contributed by atoms with Gasteiger partial charge in [-0.1, -0.05) is 40.2 Å². The van der Waals surface area contributed by atoms with Gasteiger partial charge in [-0.15, -0.1) is 0 Å². The number of rotatable bonds is 3. The van der Waals surface area contributed by atoms with Gasteiger partial charge in [0.15, 0.2) is 0 Å². The van der Waals surface area contributed by atoms with Crippen molar-refractivity contribution in [2.45, 2.75) is 18.9 Å². The first-order chi connectivity index (χ1) is 13.5. The molecule has 2 aromatic rings. The van der Waals surface area contributed by atoms with E-state index in [4.69, 9.17) is 14.0 Å². The molecule has 1 heterocycles. The van der Waals surface area contributed by atoms with Crippen molar-refractivity contribution < 1.29 is 23.6 Å². The lowest BCUT2D eigenvalue weighted by Gasteiger charge is -2.22. The van der Waals surface area contributed by atoms with Gasteiger partial charge in [-0.25, -0.2) is 0 Å². The molecule has 4 rings (SSSR count). The van der Waals surface area contributed by atoms with Crippen LogP contribution in [-0.4, -0.2) is 44.1 Å². The van der Waals surface area contributed by atoms with Gasteiger partial charge in [-0.3, -0.25) is 14.5 Å². The first-order valence-electron chi connectivity index (χ1n) is 9.11. The number of carbonyl (C=O) groups excluding carboxylic acids is 2. The number of fused-ring (bicyclic) bond motifs is 1. The smallest absolute Gasteiger partial charge is 0.494 e. The molecule has 0 radical (unpaired) electrons. The largest absolute Gasteiger partial charge is 0.636 e. The van der Waals surface area contributed by atoms with Gasteiger partial charge in [0.05, 0.1) is 13.1 Å². The standard InChI is InChI=1S/C20H19BBrNO5/c1-23-11-19(24)27-21(28-20(25)12-23)13-5-7-14(8-6-13)26-18-10-9-15-16(18)3-2-4-17(15)22/h2-8,18H,9-12H2,1H3. The van der Waals surface area contributed by atoms with Crippen molar-refractivity contribution in [1.29, 1.82) is 0 Å². The van der Waals surface area contributed by atoms with Crippen molar-refractivity contribution in [2.24, 2.45) is 0 Å². The van der Waals surface area contributed by atoms with Crippen LogP contribution in [0.25, 0.3) is 0 Å². The lowest BCUT2D eigenvalue weighted by Crippen LogP contribution is -2.47. The average molecular weight is 444 g/mol. The van der Waals surface area contributed by atoms with Gasteiger partial charge in [0.1, 0.15) is 11.9 Å². The molecule has 6 nitrogen and oxygen atoms in total. The van der Waals surface area contributed by atoms with E-state index in [0.29, 0.717) is 11.2 Å². The number of likely N-dealkylation sites (N-methyl/N-ethyl adjacent to an activating group) is 1. The quantitative estimate of drug-likeness (QED) is 0.678.